The standard InChI is InChI=1S/C9H10O2/c1-3-4-5-6-7-8-9(10)11-2/h4-8H,1H2,2H3/b6-5+,8-7+. The summed E-state index contributed by atoms with van der Waals surface area (Å²) in [6.07, 6.45) is 7.95. The van der Waals surface area contributed by atoms with E-state index in [0.29, 0.717) is 0 Å². The topological polar surface area (TPSA) is 26.3 Å². The predicted molar refractivity (Wildman–Crippen MR) is 44.0 cm³/mol. The van der Waals surface area contributed by atoms with Crippen LogP contribution < -0.4 is 0 Å². The van der Waals surface area contributed by atoms with E-state index in [0.717, 1.165) is 0 Å². The van der Waals surface area contributed by atoms with Crippen LogP contribution in [0.25, 0.3) is 0 Å². The van der Waals surface area contributed by atoms with Crippen molar-refractivity contribution in [1.82, 2.24) is 0 Å². The van der Waals surface area contributed by atoms with Gasteiger partial charge in [-0.05, 0) is 6.08 Å². The number of carbonyl (C=O) groups excluding carboxylic acids is 1. The number of esters is 1. The van der Waals surface area contributed by atoms with E-state index in [2.05, 4.69) is 17.0 Å². The fourth-order valence-corrected chi connectivity index (χ4v) is 0.390. The summed E-state index contributed by atoms with van der Waals surface area (Å²) in [5, 5.41) is 0. The number of hydrogen-bond donors (Lipinski definition) is 0. The molecule has 0 aromatic heterocycles. The van der Waals surface area contributed by atoms with Gasteiger partial charge >= 0.3 is 5.97 Å². The van der Waals surface area contributed by atoms with Gasteiger partial charge in [-0.15, -0.1) is 5.73 Å². The summed E-state index contributed by atoms with van der Waals surface area (Å²) >= 11 is 0. The predicted octanol–water partition coefficient (Wildman–Crippen LogP) is 1.61. The highest BCUT2D eigenvalue weighted by Gasteiger charge is 1.85. The second-order valence-electron chi connectivity index (χ2n) is 1.64. The van der Waals surface area contributed by atoms with E-state index < -0.39 is 0 Å². The van der Waals surface area contributed by atoms with Crippen LogP contribution in [0.15, 0.2) is 42.7 Å². The molecule has 2 heteroatoms. The molecule has 0 aliphatic rings. The number of rotatable bonds is 3. The maximum atomic E-state index is 10.5. The average molecular weight is 150 g/mol. The monoisotopic (exact) mass is 150 g/mol. The maximum Gasteiger partial charge on any atom is 0.330 e. The molecule has 0 rings (SSSR count). The van der Waals surface area contributed by atoms with Crippen LogP contribution in [-0.2, 0) is 9.53 Å². The lowest BCUT2D eigenvalue weighted by Crippen LogP contribution is -1.92. The third-order valence-electron chi connectivity index (χ3n) is 0.870. The van der Waals surface area contributed by atoms with Crippen molar-refractivity contribution in [3.05, 3.63) is 42.7 Å². The van der Waals surface area contributed by atoms with Gasteiger partial charge < -0.3 is 4.74 Å². The molecule has 0 N–H and O–H groups in total. The van der Waals surface area contributed by atoms with Gasteiger partial charge in [0.15, 0.2) is 0 Å². The van der Waals surface area contributed by atoms with E-state index in [9.17, 15) is 4.79 Å². The Labute approximate surface area is 66.2 Å². The Bertz CT molecular complexity index is 218. The normalized spacial score (nSPS) is 9.91. The van der Waals surface area contributed by atoms with E-state index in [1.54, 1.807) is 24.3 Å². The molecule has 11 heavy (non-hydrogen) atoms. The van der Waals surface area contributed by atoms with Crippen LogP contribution >= 0.6 is 0 Å². The van der Waals surface area contributed by atoms with Crippen molar-refractivity contribution >= 4 is 5.97 Å². The number of allylic oxidation sites excluding steroid dienone is 4. The molecule has 58 valence electrons. The summed E-state index contributed by atoms with van der Waals surface area (Å²) in [4.78, 5) is 10.5. The van der Waals surface area contributed by atoms with Crippen molar-refractivity contribution in [1.29, 1.82) is 0 Å². The Morgan fingerprint density at radius 2 is 2.18 bits per heavy atom. The molecule has 0 saturated carbocycles. The Morgan fingerprint density at radius 3 is 2.73 bits per heavy atom. The van der Waals surface area contributed by atoms with Gasteiger partial charge in [0.05, 0.1) is 7.11 Å². The van der Waals surface area contributed by atoms with Crippen molar-refractivity contribution in [2.45, 2.75) is 0 Å². The van der Waals surface area contributed by atoms with E-state index >= 15 is 0 Å². The SMILES string of the molecule is C=C=C/C=C/C=C/C(=O)OC. The van der Waals surface area contributed by atoms with Crippen LogP contribution in [0.2, 0.25) is 0 Å². The Kier molecular flexibility index (Phi) is 5.67. The van der Waals surface area contributed by atoms with Gasteiger partial charge in [0, 0.05) is 6.08 Å². The highest BCUT2D eigenvalue weighted by molar-refractivity contribution is 5.82. The van der Waals surface area contributed by atoms with Crippen molar-refractivity contribution in [2.24, 2.45) is 0 Å². The summed E-state index contributed by atoms with van der Waals surface area (Å²) in [5.41, 5.74) is 2.56. The zero-order chi connectivity index (χ0) is 8.53. The van der Waals surface area contributed by atoms with Gasteiger partial charge in [-0.1, -0.05) is 24.8 Å². The largest absolute Gasteiger partial charge is 0.466 e. The second kappa shape index (κ2) is 6.59. The van der Waals surface area contributed by atoms with Crippen LogP contribution in [0.1, 0.15) is 0 Å². The summed E-state index contributed by atoms with van der Waals surface area (Å²) in [5.74, 6) is -0.364. The number of hydrogen-bond acceptors (Lipinski definition) is 2. The van der Waals surface area contributed by atoms with Crippen LogP contribution in [0, 0.1) is 0 Å². The van der Waals surface area contributed by atoms with Gasteiger partial charge in [0.25, 0.3) is 0 Å². The number of carbonyl (C=O) groups is 1. The molecule has 0 heterocycles. The third-order valence-corrected chi connectivity index (χ3v) is 0.870. The van der Waals surface area contributed by atoms with E-state index in [1.165, 1.54) is 13.2 Å². The minimum absolute atomic E-state index is 0.364. The summed E-state index contributed by atoms with van der Waals surface area (Å²) in [6.45, 7) is 3.36. The third kappa shape index (κ3) is 6.35. The first-order chi connectivity index (χ1) is 5.31. The molecule has 0 aromatic carbocycles. The van der Waals surface area contributed by atoms with Crippen LogP contribution in [-0.4, -0.2) is 13.1 Å². The molecule has 0 unspecified atom stereocenters. The van der Waals surface area contributed by atoms with Crippen molar-refractivity contribution in [3.63, 3.8) is 0 Å². The minimum Gasteiger partial charge on any atom is -0.466 e. The lowest BCUT2D eigenvalue weighted by molar-refractivity contribution is -0.134. The molecule has 0 atom stereocenters. The first-order valence-electron chi connectivity index (χ1n) is 3.08. The van der Waals surface area contributed by atoms with Crippen molar-refractivity contribution in [3.8, 4) is 0 Å². The van der Waals surface area contributed by atoms with E-state index in [4.69, 9.17) is 0 Å². The zero-order valence-electron chi connectivity index (χ0n) is 6.41. The fourth-order valence-electron chi connectivity index (χ4n) is 0.390. The smallest absolute Gasteiger partial charge is 0.330 e. The second-order valence-corrected chi connectivity index (χ2v) is 1.64. The molecule has 0 amide bonds. The Hall–Kier alpha value is -1.53. The van der Waals surface area contributed by atoms with Crippen LogP contribution in [0.4, 0.5) is 0 Å². The van der Waals surface area contributed by atoms with Crippen molar-refractivity contribution < 1.29 is 9.53 Å². The van der Waals surface area contributed by atoms with Gasteiger partial charge in [0.1, 0.15) is 0 Å². The Balaban J connectivity index is 3.76. The highest BCUT2D eigenvalue weighted by Crippen LogP contribution is 1.80. The molecular formula is C9H10O2. The molecule has 0 aromatic rings. The molecular weight excluding hydrogens is 140 g/mol. The van der Waals surface area contributed by atoms with E-state index in [1.807, 2.05) is 0 Å². The molecule has 0 aliphatic heterocycles. The minimum atomic E-state index is -0.364. The van der Waals surface area contributed by atoms with Crippen molar-refractivity contribution in [2.75, 3.05) is 7.11 Å². The van der Waals surface area contributed by atoms with Gasteiger partial charge in [-0.25, -0.2) is 4.79 Å². The molecule has 0 fully saturated rings. The van der Waals surface area contributed by atoms with Crippen LogP contribution in [0.5, 0.6) is 0 Å². The van der Waals surface area contributed by atoms with Gasteiger partial charge in [-0.2, -0.15) is 0 Å². The highest BCUT2D eigenvalue weighted by atomic mass is 16.5. The first-order valence-corrected chi connectivity index (χ1v) is 3.08. The molecule has 0 saturated heterocycles. The zero-order valence-corrected chi connectivity index (χ0v) is 6.41. The molecule has 2 nitrogen and oxygen atoms in total. The summed E-state index contributed by atoms with van der Waals surface area (Å²) in [7, 11) is 1.33. The van der Waals surface area contributed by atoms with Gasteiger partial charge in [-0.3, -0.25) is 0 Å². The quantitative estimate of drug-likeness (QED) is 0.264. The van der Waals surface area contributed by atoms with Gasteiger partial charge in [0.2, 0.25) is 0 Å². The number of methoxy groups -OCH3 is 1. The summed E-state index contributed by atoms with van der Waals surface area (Å²) < 4.78 is 4.36. The molecule has 0 radical (unpaired) electrons. The lowest BCUT2D eigenvalue weighted by Gasteiger charge is -1.85. The molecule has 0 spiro atoms. The lowest BCUT2D eigenvalue weighted by atomic mass is 10.4. The van der Waals surface area contributed by atoms with Crippen LogP contribution in [0.3, 0.4) is 0 Å². The van der Waals surface area contributed by atoms with E-state index in [-0.39, 0.29) is 5.97 Å². The Morgan fingerprint density at radius 1 is 1.45 bits per heavy atom. The summed E-state index contributed by atoms with van der Waals surface area (Å²) in [6, 6.07) is 0. The first kappa shape index (κ1) is 9.47. The average Bonchev–Trinajstić information content (AvgIpc) is 2.04. The fraction of sp³-hybridized carbons (Fsp3) is 0.111. The molecule has 0 aliphatic carbocycles. The molecule has 0 bridgehead atoms. The number of ether oxygens (including phenoxy) is 1. The maximum absolute atomic E-state index is 10.5.